The van der Waals surface area contributed by atoms with E-state index in [-0.39, 0.29) is 25.2 Å². The van der Waals surface area contributed by atoms with Crippen molar-refractivity contribution in [3.05, 3.63) is 71.3 Å². The van der Waals surface area contributed by atoms with Crippen LogP contribution in [0.25, 0.3) is 0 Å². The summed E-state index contributed by atoms with van der Waals surface area (Å²) in [7, 11) is 3.63. The van der Waals surface area contributed by atoms with Gasteiger partial charge in [0.15, 0.2) is 24.9 Å². The van der Waals surface area contributed by atoms with Crippen LogP contribution in [0.2, 0.25) is 0 Å². The number of carbonyl (C=O) groups excluding carboxylic acids is 2. The van der Waals surface area contributed by atoms with Crippen LogP contribution in [0.4, 0.5) is 11.9 Å². The Morgan fingerprint density at radius 3 is 1.42 bits per heavy atom. The maximum Gasteiger partial charge on any atom is 0.306 e. The molecule has 0 spiro atoms. The van der Waals surface area contributed by atoms with Gasteiger partial charge in [0, 0.05) is 53.1 Å². The van der Waals surface area contributed by atoms with Crippen LogP contribution in [0.5, 0.6) is 11.5 Å². The fourth-order valence-corrected chi connectivity index (χ4v) is 8.13. The molecule has 0 bridgehead atoms. The Labute approximate surface area is 379 Å². The van der Waals surface area contributed by atoms with Crippen molar-refractivity contribution in [2.75, 3.05) is 63.1 Å². The van der Waals surface area contributed by atoms with E-state index in [2.05, 4.69) is 77.0 Å². The summed E-state index contributed by atoms with van der Waals surface area (Å²) in [6.45, 7) is 9.30. The Balaban J connectivity index is 0.728. The molecule has 2 aromatic carbocycles. The zero-order valence-corrected chi connectivity index (χ0v) is 38.4. The predicted octanol–water partition coefficient (Wildman–Crippen LogP) is 7.58. The minimum Gasteiger partial charge on any atom is -0.494 e. The molecule has 64 heavy (non-hydrogen) atoms. The first-order valence-corrected chi connectivity index (χ1v) is 23.8. The molecule has 2 aromatic heterocycles. The number of carbonyl (C=O) groups is 2. The van der Waals surface area contributed by atoms with Crippen LogP contribution >= 0.6 is 0 Å². The van der Waals surface area contributed by atoms with Crippen molar-refractivity contribution in [3.63, 3.8) is 0 Å². The topological polar surface area (TPSA) is 163 Å². The molecule has 2 saturated heterocycles. The number of hydrogen-bond donors (Lipinski definition) is 2. The maximum absolute atomic E-state index is 12.4. The number of piperidine rings is 2. The van der Waals surface area contributed by atoms with Crippen LogP contribution in [0.3, 0.4) is 0 Å². The maximum atomic E-state index is 12.4. The summed E-state index contributed by atoms with van der Waals surface area (Å²) in [5.74, 6) is 3.48. The standard InChI is InChI=1S/C48H72N10O6/c1-55-47(49-25-17-31-61-41-21-15-19-39(33-41)35-57-27-11-7-12-28-57)51-43(53-55)37-63-45(59)23-9-5-3-4-6-10-24-46(60)64-38-44-52-48(56(2)54-44)50-26-18-32-62-42-22-16-20-40(34-42)36-58-29-13-8-14-30-58/h15-16,19-22,33-34H,3-14,17-18,23-32,35-38H2,1-2H3,(H,49,51,53)(H,50,52,54). The van der Waals surface area contributed by atoms with Gasteiger partial charge in [0.1, 0.15) is 11.5 Å². The average molecular weight is 885 g/mol. The van der Waals surface area contributed by atoms with Crippen molar-refractivity contribution < 1.29 is 28.5 Å². The summed E-state index contributed by atoms with van der Waals surface area (Å²) < 4.78 is 26.2. The van der Waals surface area contributed by atoms with Crippen LogP contribution < -0.4 is 20.1 Å². The number of esters is 2. The number of likely N-dealkylation sites (tertiary alicyclic amines) is 2. The lowest BCUT2D eigenvalue weighted by Gasteiger charge is -2.26. The summed E-state index contributed by atoms with van der Waals surface area (Å²) in [4.78, 5) is 38.8. The summed E-state index contributed by atoms with van der Waals surface area (Å²) in [5, 5.41) is 15.4. The van der Waals surface area contributed by atoms with Crippen molar-refractivity contribution in [3.8, 4) is 11.5 Å². The van der Waals surface area contributed by atoms with Gasteiger partial charge in [-0.25, -0.2) is 9.36 Å². The van der Waals surface area contributed by atoms with Gasteiger partial charge in [-0.05, 0) is 113 Å². The van der Waals surface area contributed by atoms with Gasteiger partial charge in [-0.2, -0.15) is 20.2 Å². The molecule has 2 N–H and O–H groups in total. The quantitative estimate of drug-likeness (QED) is 0.0405. The Morgan fingerprint density at radius 2 is 0.984 bits per heavy atom. The smallest absolute Gasteiger partial charge is 0.306 e. The first kappa shape index (κ1) is 48.2. The summed E-state index contributed by atoms with van der Waals surface area (Å²) in [6.07, 6.45) is 15.5. The highest BCUT2D eigenvalue weighted by molar-refractivity contribution is 5.69. The van der Waals surface area contributed by atoms with Crippen molar-refractivity contribution in [2.45, 2.75) is 129 Å². The van der Waals surface area contributed by atoms with Gasteiger partial charge >= 0.3 is 11.9 Å². The second kappa shape index (κ2) is 27.2. The SMILES string of the molecule is Cn1nc(COC(=O)CCCCCCCCC(=O)OCc2nc(NCCCOc3cccc(CN4CCCCC4)c3)n(C)n2)nc1NCCCOc1cccc(CN2CCCCC2)c1. The van der Waals surface area contributed by atoms with E-state index in [0.29, 0.717) is 62.7 Å². The Hall–Kier alpha value is -5.22. The van der Waals surface area contributed by atoms with Gasteiger partial charge in [0.2, 0.25) is 11.9 Å². The van der Waals surface area contributed by atoms with E-state index < -0.39 is 0 Å². The number of nitrogens with one attached hydrogen (secondary N) is 2. The molecule has 350 valence electrons. The van der Waals surface area contributed by atoms with Crippen molar-refractivity contribution in [1.82, 2.24) is 39.3 Å². The molecule has 0 unspecified atom stereocenters. The molecule has 16 nitrogen and oxygen atoms in total. The lowest BCUT2D eigenvalue weighted by molar-refractivity contribution is -0.146. The summed E-state index contributed by atoms with van der Waals surface area (Å²) in [5.41, 5.74) is 2.59. The molecule has 0 aliphatic carbocycles. The van der Waals surface area contributed by atoms with Crippen molar-refractivity contribution >= 4 is 23.8 Å². The number of aromatic nitrogens is 6. The van der Waals surface area contributed by atoms with Gasteiger partial charge in [-0.1, -0.05) is 62.8 Å². The minimum absolute atomic E-state index is 0.0427. The fourth-order valence-electron chi connectivity index (χ4n) is 8.13. The lowest BCUT2D eigenvalue weighted by atomic mass is 10.1. The van der Waals surface area contributed by atoms with Crippen molar-refractivity contribution in [1.29, 1.82) is 0 Å². The largest absolute Gasteiger partial charge is 0.494 e. The van der Waals surface area contributed by atoms with E-state index in [4.69, 9.17) is 18.9 Å². The highest BCUT2D eigenvalue weighted by Crippen LogP contribution is 2.20. The van der Waals surface area contributed by atoms with Crippen LogP contribution in [0, 0.1) is 0 Å². The van der Waals surface area contributed by atoms with Crippen LogP contribution in [-0.4, -0.2) is 104 Å². The number of hydrogen-bond acceptors (Lipinski definition) is 14. The second-order valence-corrected chi connectivity index (χ2v) is 17.1. The zero-order chi connectivity index (χ0) is 44.6. The highest BCUT2D eigenvalue weighted by atomic mass is 16.5. The third kappa shape index (κ3) is 17.7. The molecule has 0 atom stereocenters. The van der Waals surface area contributed by atoms with Crippen molar-refractivity contribution in [2.24, 2.45) is 14.1 Å². The summed E-state index contributed by atoms with van der Waals surface area (Å²) in [6, 6.07) is 16.8. The number of anilines is 2. The summed E-state index contributed by atoms with van der Waals surface area (Å²) >= 11 is 0. The minimum atomic E-state index is -0.253. The molecule has 0 radical (unpaired) electrons. The molecular weight excluding hydrogens is 813 g/mol. The number of unbranched alkanes of at least 4 members (excludes halogenated alkanes) is 5. The number of benzene rings is 2. The predicted molar refractivity (Wildman–Crippen MR) is 247 cm³/mol. The molecule has 4 heterocycles. The highest BCUT2D eigenvalue weighted by Gasteiger charge is 2.14. The molecule has 16 heteroatoms. The first-order valence-electron chi connectivity index (χ1n) is 23.8. The average Bonchev–Trinajstić information content (AvgIpc) is 3.85. The molecule has 0 amide bonds. The molecule has 2 aliphatic heterocycles. The van der Waals surface area contributed by atoms with Gasteiger partial charge in [0.05, 0.1) is 13.2 Å². The van der Waals surface area contributed by atoms with E-state index in [1.54, 1.807) is 9.36 Å². The molecular formula is C48H72N10O6. The van der Waals surface area contributed by atoms with Crippen LogP contribution in [0.15, 0.2) is 48.5 Å². The lowest BCUT2D eigenvalue weighted by Crippen LogP contribution is -2.29. The van der Waals surface area contributed by atoms with E-state index in [1.807, 2.05) is 26.2 Å². The Bertz CT molecular complexity index is 1840. The normalized spacial score (nSPS) is 14.6. The van der Waals surface area contributed by atoms with E-state index in [0.717, 1.165) is 76.0 Å². The van der Waals surface area contributed by atoms with Gasteiger partial charge in [-0.3, -0.25) is 19.4 Å². The number of nitrogens with zero attached hydrogens (tertiary/aromatic N) is 8. The van der Waals surface area contributed by atoms with Crippen LogP contribution in [-0.2, 0) is 59.5 Å². The Morgan fingerprint density at radius 1 is 0.562 bits per heavy atom. The van der Waals surface area contributed by atoms with E-state index in [1.165, 1.54) is 75.8 Å². The molecule has 0 saturated carbocycles. The Kier molecular flexibility index (Phi) is 20.5. The molecule has 6 rings (SSSR count). The molecule has 4 aromatic rings. The number of ether oxygens (including phenoxy) is 4. The number of rotatable bonds is 29. The molecule has 2 fully saturated rings. The second-order valence-electron chi connectivity index (χ2n) is 17.1. The monoisotopic (exact) mass is 885 g/mol. The fraction of sp³-hybridized carbons (Fsp3) is 0.625. The third-order valence-corrected chi connectivity index (χ3v) is 11.6. The zero-order valence-electron chi connectivity index (χ0n) is 38.4. The van der Waals surface area contributed by atoms with E-state index >= 15 is 0 Å². The number of aryl methyl sites for hydroxylation is 2. The van der Waals surface area contributed by atoms with Crippen LogP contribution in [0.1, 0.15) is 126 Å². The van der Waals surface area contributed by atoms with Gasteiger partial charge in [-0.15, -0.1) is 0 Å². The first-order chi connectivity index (χ1) is 31.4. The molecule has 2 aliphatic rings. The third-order valence-electron chi connectivity index (χ3n) is 11.6. The van der Waals surface area contributed by atoms with Gasteiger partial charge in [0.25, 0.3) is 0 Å². The van der Waals surface area contributed by atoms with Gasteiger partial charge < -0.3 is 29.6 Å². The van der Waals surface area contributed by atoms with E-state index in [9.17, 15) is 9.59 Å².